The molecule has 7 nitrogen and oxygen atoms in total. The number of pyridine rings is 1. The monoisotopic (exact) mass is 283 g/mol. The van der Waals surface area contributed by atoms with Gasteiger partial charge in [0.1, 0.15) is 11.5 Å². The van der Waals surface area contributed by atoms with Crippen molar-refractivity contribution < 1.29 is 9.32 Å². The highest BCUT2D eigenvalue weighted by Gasteiger charge is 2.10. The number of hydrogen-bond acceptors (Lipinski definition) is 6. The molecular weight excluding hydrogens is 270 g/mol. The maximum absolute atomic E-state index is 12.1. The van der Waals surface area contributed by atoms with E-state index in [1.165, 1.54) is 6.39 Å². The first-order chi connectivity index (χ1) is 10.2. The number of nitrogens with one attached hydrogen (secondary N) is 1. The van der Waals surface area contributed by atoms with Gasteiger partial charge in [-0.15, -0.1) is 0 Å². The molecule has 0 atom stereocenters. The molecule has 3 rings (SSSR count). The number of rotatable bonds is 4. The highest BCUT2D eigenvalue weighted by atomic mass is 16.5. The van der Waals surface area contributed by atoms with Crippen LogP contribution in [0.25, 0.3) is 10.8 Å². The number of nitrogens with two attached hydrogens (primary N) is 1. The number of hydrogen-bond donors (Lipinski definition) is 2. The standard InChI is InChI=1S/C14H13N5O2/c15-13-10-4-2-1-3-9(10)7-11(18-13)14(20)16-6-5-12-17-8-21-19-12/h1-4,7-8H,5-6H2,(H2,15,18)(H,16,20). The van der Waals surface area contributed by atoms with Gasteiger partial charge < -0.3 is 15.6 Å². The van der Waals surface area contributed by atoms with Crippen LogP contribution in [0.15, 0.2) is 41.2 Å². The molecule has 106 valence electrons. The Hall–Kier alpha value is -2.96. The van der Waals surface area contributed by atoms with E-state index in [1.807, 2.05) is 24.3 Å². The van der Waals surface area contributed by atoms with E-state index in [0.717, 1.165) is 10.8 Å². The molecule has 1 amide bonds. The van der Waals surface area contributed by atoms with Gasteiger partial charge in [-0.3, -0.25) is 4.79 Å². The third-order valence-electron chi connectivity index (χ3n) is 3.04. The lowest BCUT2D eigenvalue weighted by Gasteiger charge is -2.06. The molecule has 0 fully saturated rings. The Morgan fingerprint density at radius 1 is 1.33 bits per heavy atom. The summed E-state index contributed by atoms with van der Waals surface area (Å²) >= 11 is 0. The van der Waals surface area contributed by atoms with Crippen molar-refractivity contribution in [3.8, 4) is 0 Å². The molecule has 2 aromatic heterocycles. The van der Waals surface area contributed by atoms with Gasteiger partial charge in [0.25, 0.3) is 5.91 Å². The van der Waals surface area contributed by atoms with Crippen molar-refractivity contribution in [1.82, 2.24) is 20.4 Å². The second-order valence-electron chi connectivity index (χ2n) is 4.47. The summed E-state index contributed by atoms with van der Waals surface area (Å²) in [6.45, 7) is 0.396. The van der Waals surface area contributed by atoms with Crippen LogP contribution in [0.4, 0.5) is 5.82 Å². The molecule has 7 heteroatoms. The first kappa shape index (κ1) is 13.0. The van der Waals surface area contributed by atoms with Crippen molar-refractivity contribution in [2.24, 2.45) is 0 Å². The fraction of sp³-hybridized carbons (Fsp3) is 0.143. The Kier molecular flexibility index (Phi) is 3.46. The summed E-state index contributed by atoms with van der Waals surface area (Å²) in [6, 6.07) is 9.25. The fourth-order valence-corrected chi connectivity index (χ4v) is 2.02. The second kappa shape index (κ2) is 5.58. The van der Waals surface area contributed by atoms with Gasteiger partial charge in [-0.05, 0) is 11.5 Å². The van der Waals surface area contributed by atoms with Crippen LogP contribution in [-0.2, 0) is 6.42 Å². The van der Waals surface area contributed by atoms with Crippen LogP contribution < -0.4 is 11.1 Å². The lowest BCUT2D eigenvalue weighted by Crippen LogP contribution is -2.27. The van der Waals surface area contributed by atoms with Crippen LogP contribution in [0.2, 0.25) is 0 Å². The van der Waals surface area contributed by atoms with Gasteiger partial charge in [0.05, 0.1) is 0 Å². The SMILES string of the molecule is Nc1nc(C(=O)NCCc2ncon2)cc2ccccc12. The fourth-order valence-electron chi connectivity index (χ4n) is 2.02. The molecule has 0 aliphatic heterocycles. The van der Waals surface area contributed by atoms with E-state index in [9.17, 15) is 4.79 Å². The molecule has 0 radical (unpaired) electrons. The number of nitrogen functional groups attached to an aromatic ring is 1. The maximum Gasteiger partial charge on any atom is 0.270 e. The molecule has 0 bridgehead atoms. The minimum atomic E-state index is -0.282. The molecule has 1 aromatic carbocycles. The lowest BCUT2D eigenvalue weighted by atomic mass is 10.1. The minimum absolute atomic E-state index is 0.282. The zero-order valence-corrected chi connectivity index (χ0v) is 11.1. The largest absolute Gasteiger partial charge is 0.383 e. The quantitative estimate of drug-likeness (QED) is 0.744. The Labute approximate surface area is 120 Å². The van der Waals surface area contributed by atoms with Gasteiger partial charge in [-0.2, -0.15) is 4.98 Å². The number of amides is 1. The van der Waals surface area contributed by atoms with Crippen LogP contribution in [0.3, 0.4) is 0 Å². The van der Waals surface area contributed by atoms with Crippen LogP contribution >= 0.6 is 0 Å². The van der Waals surface area contributed by atoms with Gasteiger partial charge >= 0.3 is 0 Å². The van der Waals surface area contributed by atoms with Gasteiger partial charge in [-0.1, -0.05) is 29.4 Å². The summed E-state index contributed by atoms with van der Waals surface area (Å²) in [5, 5.41) is 8.14. The van der Waals surface area contributed by atoms with Crippen LogP contribution in [0.5, 0.6) is 0 Å². The average Bonchev–Trinajstić information content (AvgIpc) is 3.00. The molecule has 0 aliphatic rings. The smallest absolute Gasteiger partial charge is 0.270 e. The zero-order valence-electron chi connectivity index (χ0n) is 11.1. The van der Waals surface area contributed by atoms with Crippen LogP contribution in [0, 0.1) is 0 Å². The van der Waals surface area contributed by atoms with E-state index in [4.69, 9.17) is 5.73 Å². The molecule has 0 spiro atoms. The summed E-state index contributed by atoms with van der Waals surface area (Å²) in [5.41, 5.74) is 6.17. The third kappa shape index (κ3) is 2.81. The molecule has 0 aliphatic carbocycles. The van der Waals surface area contributed by atoms with Gasteiger partial charge in [-0.25, -0.2) is 4.98 Å². The average molecular weight is 283 g/mol. The first-order valence-electron chi connectivity index (χ1n) is 6.43. The van der Waals surface area contributed by atoms with Crippen LogP contribution in [-0.4, -0.2) is 27.6 Å². The van der Waals surface area contributed by atoms with E-state index in [2.05, 4.69) is 25.0 Å². The second-order valence-corrected chi connectivity index (χ2v) is 4.47. The number of fused-ring (bicyclic) bond motifs is 1. The molecule has 3 aromatic rings. The number of carbonyl (C=O) groups excluding carboxylic acids is 1. The minimum Gasteiger partial charge on any atom is -0.383 e. The summed E-state index contributed by atoms with van der Waals surface area (Å²) in [4.78, 5) is 20.1. The molecule has 3 N–H and O–H groups in total. The van der Waals surface area contributed by atoms with Crippen molar-refractivity contribution in [1.29, 1.82) is 0 Å². The number of benzene rings is 1. The van der Waals surface area contributed by atoms with Crippen molar-refractivity contribution >= 4 is 22.5 Å². The number of anilines is 1. The summed E-state index contributed by atoms with van der Waals surface area (Å²) in [5.74, 6) is 0.605. The van der Waals surface area contributed by atoms with Crippen molar-refractivity contribution in [3.05, 3.63) is 48.2 Å². The Bertz CT molecular complexity index is 770. The van der Waals surface area contributed by atoms with E-state index < -0.39 is 0 Å². The zero-order chi connectivity index (χ0) is 14.7. The maximum atomic E-state index is 12.1. The van der Waals surface area contributed by atoms with Gasteiger partial charge in [0.2, 0.25) is 6.39 Å². The van der Waals surface area contributed by atoms with Gasteiger partial charge in [0.15, 0.2) is 5.82 Å². The highest BCUT2D eigenvalue weighted by Crippen LogP contribution is 2.19. The van der Waals surface area contributed by atoms with Crippen molar-refractivity contribution in [2.75, 3.05) is 12.3 Å². The normalized spacial score (nSPS) is 10.7. The van der Waals surface area contributed by atoms with E-state index in [-0.39, 0.29) is 5.91 Å². The van der Waals surface area contributed by atoms with E-state index in [1.54, 1.807) is 6.07 Å². The molecule has 0 unspecified atom stereocenters. The lowest BCUT2D eigenvalue weighted by molar-refractivity contribution is 0.0949. The molecular formula is C14H13N5O2. The third-order valence-corrected chi connectivity index (χ3v) is 3.04. The van der Waals surface area contributed by atoms with E-state index >= 15 is 0 Å². The molecule has 0 saturated carbocycles. The Balaban J connectivity index is 1.72. The van der Waals surface area contributed by atoms with Crippen molar-refractivity contribution in [2.45, 2.75) is 6.42 Å². The number of aromatic nitrogens is 3. The number of nitrogens with zero attached hydrogens (tertiary/aromatic N) is 3. The topological polar surface area (TPSA) is 107 Å². The summed E-state index contributed by atoms with van der Waals surface area (Å²) < 4.78 is 4.62. The predicted molar refractivity (Wildman–Crippen MR) is 76.5 cm³/mol. The first-order valence-corrected chi connectivity index (χ1v) is 6.43. The van der Waals surface area contributed by atoms with Crippen molar-refractivity contribution in [3.63, 3.8) is 0 Å². The summed E-state index contributed by atoms with van der Waals surface area (Å²) in [6.07, 6.45) is 1.74. The Morgan fingerprint density at radius 3 is 3.00 bits per heavy atom. The predicted octanol–water partition coefficient (Wildman–Crippen LogP) is 1.17. The van der Waals surface area contributed by atoms with Gasteiger partial charge in [0, 0.05) is 18.4 Å². The molecule has 2 heterocycles. The summed E-state index contributed by atoms with van der Waals surface area (Å²) in [7, 11) is 0. The Morgan fingerprint density at radius 2 is 2.19 bits per heavy atom. The molecule has 0 saturated heterocycles. The van der Waals surface area contributed by atoms with E-state index in [0.29, 0.717) is 30.3 Å². The highest BCUT2D eigenvalue weighted by molar-refractivity contribution is 5.99. The number of carbonyl (C=O) groups is 1. The molecule has 21 heavy (non-hydrogen) atoms. The van der Waals surface area contributed by atoms with Crippen LogP contribution in [0.1, 0.15) is 16.3 Å².